The minimum atomic E-state index is -3.44. The monoisotopic (exact) mass is 545 g/mol. The smallest absolute Gasteiger partial charge is 0.414 e. The minimum absolute atomic E-state index is 0.0488. The van der Waals surface area contributed by atoms with Gasteiger partial charge in [-0.3, -0.25) is 9.78 Å². The number of pyridine rings is 1. The first kappa shape index (κ1) is 28.5. The van der Waals surface area contributed by atoms with E-state index in [0.29, 0.717) is 23.8 Å². The minimum Gasteiger partial charge on any atom is -0.473 e. The SMILES string of the molecule is O=C(O)C(=O)O.O=C(c1ccc(Cl)cc1Cl)N(CCS(=O)(=O)N1CCCCC1)Cc1ccccn1. The number of amides is 1. The average molecular weight is 546 g/mol. The number of carbonyl (C=O) groups excluding carboxylic acids is 1. The number of carbonyl (C=O) groups is 3. The molecular formula is C22H25Cl2N3O7S. The highest BCUT2D eigenvalue weighted by Gasteiger charge is 2.27. The second-order valence-electron chi connectivity index (χ2n) is 7.56. The van der Waals surface area contributed by atoms with Gasteiger partial charge in [0.05, 0.1) is 28.6 Å². The number of rotatable bonds is 7. The van der Waals surface area contributed by atoms with Crippen molar-refractivity contribution in [3.63, 3.8) is 0 Å². The van der Waals surface area contributed by atoms with Crippen LogP contribution in [0.3, 0.4) is 0 Å². The molecule has 0 bridgehead atoms. The summed E-state index contributed by atoms with van der Waals surface area (Å²) in [6.45, 7) is 1.32. The Balaban J connectivity index is 0.000000641. The molecule has 1 aliphatic rings. The van der Waals surface area contributed by atoms with Crippen molar-refractivity contribution in [1.29, 1.82) is 0 Å². The van der Waals surface area contributed by atoms with Crippen LogP contribution in [0.1, 0.15) is 35.3 Å². The van der Waals surface area contributed by atoms with Crippen molar-refractivity contribution < 1.29 is 33.0 Å². The predicted molar refractivity (Wildman–Crippen MR) is 130 cm³/mol. The number of hydrogen-bond acceptors (Lipinski definition) is 6. The Morgan fingerprint density at radius 1 is 1.00 bits per heavy atom. The van der Waals surface area contributed by atoms with Crippen molar-refractivity contribution in [2.24, 2.45) is 0 Å². The maximum Gasteiger partial charge on any atom is 0.414 e. The second kappa shape index (κ2) is 13.4. The fourth-order valence-corrected chi connectivity index (χ4v) is 5.28. The fraction of sp³-hybridized carbons (Fsp3) is 0.364. The van der Waals surface area contributed by atoms with Crippen molar-refractivity contribution in [1.82, 2.24) is 14.2 Å². The van der Waals surface area contributed by atoms with E-state index in [1.165, 1.54) is 15.3 Å². The maximum atomic E-state index is 13.1. The first-order chi connectivity index (χ1) is 16.5. The van der Waals surface area contributed by atoms with Crippen LogP contribution in [0, 0.1) is 0 Å². The summed E-state index contributed by atoms with van der Waals surface area (Å²) in [6.07, 6.45) is 4.43. The molecule has 3 rings (SSSR count). The number of carboxylic acids is 2. The molecule has 13 heteroatoms. The topological polar surface area (TPSA) is 145 Å². The van der Waals surface area contributed by atoms with Crippen LogP contribution < -0.4 is 0 Å². The number of hydrogen-bond donors (Lipinski definition) is 2. The number of halogens is 2. The first-order valence-electron chi connectivity index (χ1n) is 10.6. The molecule has 1 aromatic carbocycles. The molecule has 0 aliphatic carbocycles. The van der Waals surface area contributed by atoms with Crippen LogP contribution in [0.5, 0.6) is 0 Å². The number of nitrogens with zero attached hydrogens (tertiary/aromatic N) is 3. The Morgan fingerprint density at radius 3 is 2.20 bits per heavy atom. The Morgan fingerprint density at radius 2 is 1.66 bits per heavy atom. The van der Waals surface area contributed by atoms with Crippen molar-refractivity contribution in [2.45, 2.75) is 25.8 Å². The molecule has 0 unspecified atom stereocenters. The highest BCUT2D eigenvalue weighted by Crippen LogP contribution is 2.23. The summed E-state index contributed by atoms with van der Waals surface area (Å²) >= 11 is 12.1. The van der Waals surface area contributed by atoms with Crippen LogP contribution in [-0.2, 0) is 26.2 Å². The lowest BCUT2D eigenvalue weighted by Gasteiger charge is -2.28. The van der Waals surface area contributed by atoms with E-state index in [9.17, 15) is 13.2 Å². The van der Waals surface area contributed by atoms with E-state index < -0.39 is 22.0 Å². The standard InChI is InChI=1S/C20H23Cl2N3O3S.C2H2O4/c21-16-7-8-18(19(22)14-16)20(26)24(15-17-6-2-3-9-23-17)12-13-29(27,28)25-10-4-1-5-11-25;3-1(4)2(5)6/h2-3,6-9,14H,1,4-5,10-13,15H2;(H,3,4)(H,5,6). The van der Waals surface area contributed by atoms with Gasteiger partial charge >= 0.3 is 11.9 Å². The molecule has 1 saturated heterocycles. The van der Waals surface area contributed by atoms with Crippen molar-refractivity contribution in [3.8, 4) is 0 Å². The molecule has 2 N–H and O–H groups in total. The average Bonchev–Trinajstić information content (AvgIpc) is 2.83. The zero-order valence-electron chi connectivity index (χ0n) is 18.6. The number of carboxylic acid groups (broad SMARTS) is 2. The van der Waals surface area contributed by atoms with Gasteiger partial charge in [0.1, 0.15) is 0 Å². The molecule has 0 saturated carbocycles. The van der Waals surface area contributed by atoms with Gasteiger partial charge in [-0.2, -0.15) is 0 Å². The number of sulfonamides is 1. The molecule has 0 spiro atoms. The molecule has 1 fully saturated rings. The van der Waals surface area contributed by atoms with Crippen LogP contribution in [0.15, 0.2) is 42.6 Å². The molecule has 1 aliphatic heterocycles. The maximum absolute atomic E-state index is 13.1. The second-order valence-corrected chi connectivity index (χ2v) is 10.5. The van der Waals surface area contributed by atoms with Crippen LogP contribution in [0.25, 0.3) is 0 Å². The van der Waals surface area contributed by atoms with E-state index in [0.717, 1.165) is 19.3 Å². The fourth-order valence-electron chi connectivity index (χ4n) is 3.27. The number of benzene rings is 1. The normalized spacial score (nSPS) is 13.9. The predicted octanol–water partition coefficient (Wildman–Crippen LogP) is 3.00. The lowest BCUT2D eigenvalue weighted by atomic mass is 10.2. The summed E-state index contributed by atoms with van der Waals surface area (Å²) in [4.78, 5) is 37.1. The Kier molecular flexibility index (Phi) is 10.9. The Hall–Kier alpha value is -2.73. The molecule has 0 radical (unpaired) electrons. The quantitative estimate of drug-likeness (QED) is 0.505. The summed E-state index contributed by atoms with van der Waals surface area (Å²) in [5, 5.41) is 15.4. The highest BCUT2D eigenvalue weighted by atomic mass is 35.5. The highest BCUT2D eigenvalue weighted by molar-refractivity contribution is 7.89. The number of aromatic nitrogens is 1. The van der Waals surface area contributed by atoms with Crippen molar-refractivity contribution in [2.75, 3.05) is 25.4 Å². The molecule has 2 aromatic rings. The largest absolute Gasteiger partial charge is 0.473 e. The number of aliphatic carboxylic acids is 2. The summed E-state index contributed by atoms with van der Waals surface area (Å²) in [6, 6.07) is 10.0. The molecule has 35 heavy (non-hydrogen) atoms. The first-order valence-corrected chi connectivity index (χ1v) is 13.0. The zero-order valence-corrected chi connectivity index (χ0v) is 21.0. The van der Waals surface area contributed by atoms with E-state index in [1.54, 1.807) is 30.5 Å². The third-order valence-corrected chi connectivity index (χ3v) is 7.44. The molecule has 0 atom stereocenters. The van der Waals surface area contributed by atoms with E-state index in [-0.39, 0.29) is 35.3 Å². The van der Waals surface area contributed by atoms with Crippen molar-refractivity contribution in [3.05, 3.63) is 63.9 Å². The van der Waals surface area contributed by atoms with Crippen LogP contribution >= 0.6 is 23.2 Å². The molecule has 190 valence electrons. The van der Waals surface area contributed by atoms with Crippen LogP contribution in [-0.4, -0.2) is 76.1 Å². The van der Waals surface area contributed by atoms with Crippen molar-refractivity contribution >= 4 is 51.1 Å². The van der Waals surface area contributed by atoms with Gasteiger partial charge in [0.25, 0.3) is 5.91 Å². The lowest BCUT2D eigenvalue weighted by molar-refractivity contribution is -0.159. The Bertz CT molecular complexity index is 1130. The van der Waals surface area contributed by atoms with Gasteiger partial charge in [-0.25, -0.2) is 22.3 Å². The summed E-state index contributed by atoms with van der Waals surface area (Å²) in [7, 11) is -3.44. The molecule has 10 nitrogen and oxygen atoms in total. The molecular weight excluding hydrogens is 521 g/mol. The summed E-state index contributed by atoms with van der Waals surface area (Å²) in [5.41, 5.74) is 0.948. The molecule has 1 amide bonds. The van der Waals surface area contributed by atoms with Gasteiger partial charge < -0.3 is 15.1 Å². The van der Waals surface area contributed by atoms with Gasteiger partial charge in [0.2, 0.25) is 10.0 Å². The van der Waals surface area contributed by atoms with Crippen LogP contribution in [0.2, 0.25) is 10.0 Å². The molecule has 2 heterocycles. The van der Waals surface area contributed by atoms with Gasteiger partial charge in [0, 0.05) is 30.9 Å². The third kappa shape index (κ3) is 9.10. The summed E-state index contributed by atoms with van der Waals surface area (Å²) in [5.74, 6) is -4.15. The third-order valence-electron chi connectivity index (χ3n) is 5.04. The van der Waals surface area contributed by atoms with Crippen LogP contribution in [0.4, 0.5) is 0 Å². The van der Waals surface area contributed by atoms with E-state index in [2.05, 4.69) is 4.98 Å². The molecule has 1 aromatic heterocycles. The van der Waals surface area contributed by atoms with Gasteiger partial charge in [-0.1, -0.05) is 35.7 Å². The van der Waals surface area contributed by atoms with Gasteiger partial charge in [0.15, 0.2) is 0 Å². The van der Waals surface area contributed by atoms with E-state index >= 15 is 0 Å². The van der Waals surface area contributed by atoms with Gasteiger partial charge in [-0.15, -0.1) is 0 Å². The summed E-state index contributed by atoms with van der Waals surface area (Å²) < 4.78 is 27.0. The van der Waals surface area contributed by atoms with E-state index in [4.69, 9.17) is 43.0 Å². The lowest BCUT2D eigenvalue weighted by Crippen LogP contribution is -2.41. The van der Waals surface area contributed by atoms with E-state index in [1.807, 2.05) is 6.07 Å². The zero-order chi connectivity index (χ0) is 26.0. The van der Waals surface area contributed by atoms with Gasteiger partial charge in [-0.05, 0) is 43.2 Å². The Labute approximate surface area is 213 Å². The number of piperidine rings is 1.